The third kappa shape index (κ3) is 1.41. The molecule has 0 unspecified atom stereocenters. The van der Waals surface area contributed by atoms with Gasteiger partial charge in [-0.15, -0.1) is 0 Å². The Morgan fingerprint density at radius 1 is 1.60 bits per heavy atom. The molecule has 0 radical (unpaired) electrons. The van der Waals surface area contributed by atoms with Crippen LogP contribution in [0.2, 0.25) is 0 Å². The highest BCUT2D eigenvalue weighted by atomic mass is 19.1. The lowest BCUT2D eigenvalue weighted by atomic mass is 10.3. The van der Waals surface area contributed by atoms with E-state index >= 15 is 0 Å². The van der Waals surface area contributed by atoms with Gasteiger partial charge in [0, 0.05) is 6.07 Å². The Kier molecular flexibility index (Phi) is 1.82. The average molecular weight is 143 g/mol. The molecule has 10 heavy (non-hydrogen) atoms. The predicted molar refractivity (Wildman–Crippen MR) is 32.9 cm³/mol. The average Bonchev–Trinajstić information content (AvgIpc) is 1.85. The van der Waals surface area contributed by atoms with Gasteiger partial charge in [-0.2, -0.15) is 4.39 Å². The van der Waals surface area contributed by atoms with Crippen LogP contribution in [0.15, 0.2) is 16.9 Å². The topological polar surface area (TPSA) is 53.1 Å². The van der Waals surface area contributed by atoms with Gasteiger partial charge in [0.2, 0.25) is 5.56 Å². The van der Waals surface area contributed by atoms with Gasteiger partial charge in [0.1, 0.15) is 0 Å². The van der Waals surface area contributed by atoms with Crippen molar-refractivity contribution in [3.8, 4) is 0 Å². The number of hydrogen-bond donors (Lipinski definition) is 2. The van der Waals surface area contributed by atoms with E-state index in [0.29, 0.717) is 0 Å². The van der Waals surface area contributed by atoms with Crippen LogP contribution in [-0.2, 0) is 6.61 Å². The molecule has 1 rings (SSSR count). The molecule has 1 heterocycles. The fourth-order valence-electron chi connectivity index (χ4n) is 0.654. The van der Waals surface area contributed by atoms with Gasteiger partial charge >= 0.3 is 0 Å². The number of aromatic amines is 1. The molecule has 0 aliphatic carbocycles. The van der Waals surface area contributed by atoms with Gasteiger partial charge in [0.25, 0.3) is 0 Å². The second-order valence-corrected chi connectivity index (χ2v) is 1.86. The van der Waals surface area contributed by atoms with E-state index < -0.39 is 11.5 Å². The second kappa shape index (κ2) is 2.62. The minimum Gasteiger partial charge on any atom is -0.392 e. The molecular formula is C6H6FNO2. The van der Waals surface area contributed by atoms with E-state index in [9.17, 15) is 9.18 Å². The normalized spacial score (nSPS) is 9.80. The quantitative estimate of drug-likeness (QED) is 0.544. The minimum absolute atomic E-state index is 0.279. The Labute approximate surface area is 56.1 Å². The number of aromatic nitrogens is 1. The van der Waals surface area contributed by atoms with Crippen LogP contribution in [0.3, 0.4) is 0 Å². The van der Waals surface area contributed by atoms with Crippen molar-refractivity contribution in [1.82, 2.24) is 4.98 Å². The van der Waals surface area contributed by atoms with E-state index in [0.717, 1.165) is 12.1 Å². The first kappa shape index (κ1) is 6.95. The summed E-state index contributed by atoms with van der Waals surface area (Å²) in [7, 11) is 0. The van der Waals surface area contributed by atoms with E-state index in [1.165, 1.54) is 0 Å². The number of H-pyrrole nitrogens is 1. The summed E-state index contributed by atoms with van der Waals surface area (Å²) in [5.74, 6) is -0.725. The van der Waals surface area contributed by atoms with E-state index in [4.69, 9.17) is 5.11 Å². The summed E-state index contributed by atoms with van der Waals surface area (Å²) < 4.78 is 12.2. The van der Waals surface area contributed by atoms with Crippen molar-refractivity contribution >= 4 is 0 Å². The molecule has 0 spiro atoms. The number of pyridine rings is 1. The second-order valence-electron chi connectivity index (χ2n) is 1.86. The maximum Gasteiger partial charge on any atom is 0.250 e. The molecule has 1 aromatic rings. The maximum atomic E-state index is 12.2. The molecule has 0 bridgehead atoms. The molecule has 0 atom stereocenters. The summed E-state index contributed by atoms with van der Waals surface area (Å²) >= 11 is 0. The molecule has 0 aliphatic heterocycles. The monoisotopic (exact) mass is 143 g/mol. The fourth-order valence-corrected chi connectivity index (χ4v) is 0.654. The van der Waals surface area contributed by atoms with Crippen LogP contribution < -0.4 is 5.56 Å². The standard InChI is InChI=1S/C6H6FNO2/c7-5-1-4(3-9)2-6(10)8-5/h1-2,9H,3H2,(H,8,10). The molecule has 3 nitrogen and oxygen atoms in total. The predicted octanol–water partition coefficient (Wildman–Crippen LogP) is 0.00630. The molecule has 4 heteroatoms. The Morgan fingerprint density at radius 3 is 2.80 bits per heavy atom. The van der Waals surface area contributed by atoms with Crippen molar-refractivity contribution in [1.29, 1.82) is 0 Å². The number of hydrogen-bond acceptors (Lipinski definition) is 2. The van der Waals surface area contributed by atoms with Crippen LogP contribution in [-0.4, -0.2) is 10.1 Å². The van der Waals surface area contributed by atoms with E-state index in [1.807, 2.05) is 4.98 Å². The lowest BCUT2D eigenvalue weighted by Gasteiger charge is -1.92. The highest BCUT2D eigenvalue weighted by Crippen LogP contribution is 1.95. The first-order chi connectivity index (χ1) is 4.72. The van der Waals surface area contributed by atoms with Gasteiger partial charge < -0.3 is 5.11 Å². The van der Waals surface area contributed by atoms with E-state index in [1.54, 1.807) is 0 Å². The molecule has 2 N–H and O–H groups in total. The van der Waals surface area contributed by atoms with Gasteiger partial charge in [-0.3, -0.25) is 9.78 Å². The smallest absolute Gasteiger partial charge is 0.250 e. The van der Waals surface area contributed by atoms with Crippen LogP contribution in [0.25, 0.3) is 0 Å². The summed E-state index contributed by atoms with van der Waals surface area (Å²) in [5.41, 5.74) is -0.259. The van der Waals surface area contributed by atoms with Crippen LogP contribution in [0.1, 0.15) is 5.56 Å². The molecule has 0 saturated carbocycles. The highest BCUT2D eigenvalue weighted by Gasteiger charge is 1.94. The first-order valence-corrected chi connectivity index (χ1v) is 2.72. The molecule has 54 valence electrons. The van der Waals surface area contributed by atoms with Crippen LogP contribution in [0.5, 0.6) is 0 Å². The number of halogens is 1. The molecule has 0 fully saturated rings. The van der Waals surface area contributed by atoms with Crippen molar-refractivity contribution in [2.45, 2.75) is 6.61 Å². The third-order valence-electron chi connectivity index (χ3n) is 1.05. The van der Waals surface area contributed by atoms with Crippen LogP contribution in [0.4, 0.5) is 4.39 Å². The van der Waals surface area contributed by atoms with Gasteiger partial charge in [-0.05, 0) is 11.6 Å². The zero-order chi connectivity index (χ0) is 7.56. The zero-order valence-corrected chi connectivity index (χ0v) is 5.10. The molecule has 0 aromatic carbocycles. The van der Waals surface area contributed by atoms with Crippen molar-refractivity contribution < 1.29 is 9.50 Å². The largest absolute Gasteiger partial charge is 0.392 e. The minimum atomic E-state index is -0.725. The molecular weight excluding hydrogens is 137 g/mol. The Morgan fingerprint density at radius 2 is 2.30 bits per heavy atom. The summed E-state index contributed by atoms with van der Waals surface area (Å²) in [6, 6.07) is 2.21. The van der Waals surface area contributed by atoms with Crippen molar-refractivity contribution in [2.24, 2.45) is 0 Å². The van der Waals surface area contributed by atoms with Gasteiger partial charge in [0.05, 0.1) is 6.61 Å². The van der Waals surface area contributed by atoms with Crippen molar-refractivity contribution in [2.75, 3.05) is 0 Å². The third-order valence-corrected chi connectivity index (χ3v) is 1.05. The maximum absolute atomic E-state index is 12.2. The zero-order valence-electron chi connectivity index (χ0n) is 5.10. The van der Waals surface area contributed by atoms with Gasteiger partial charge in [-0.25, -0.2) is 0 Å². The molecule has 1 aromatic heterocycles. The Hall–Kier alpha value is -1.16. The van der Waals surface area contributed by atoms with Crippen LogP contribution in [0, 0.1) is 5.95 Å². The summed E-state index contributed by atoms with van der Waals surface area (Å²) in [6.07, 6.45) is 0. The lowest BCUT2D eigenvalue weighted by molar-refractivity contribution is 0.280. The number of rotatable bonds is 1. The van der Waals surface area contributed by atoms with Gasteiger partial charge in [-0.1, -0.05) is 0 Å². The van der Waals surface area contributed by atoms with Crippen LogP contribution >= 0.6 is 0 Å². The summed E-state index contributed by atoms with van der Waals surface area (Å²) in [6.45, 7) is -0.319. The number of nitrogens with one attached hydrogen (secondary N) is 1. The van der Waals surface area contributed by atoms with E-state index in [2.05, 4.69) is 0 Å². The SMILES string of the molecule is O=c1cc(CO)cc(F)[nH]1. The molecule has 0 aliphatic rings. The van der Waals surface area contributed by atoms with Gasteiger partial charge in [0.15, 0.2) is 5.95 Å². The summed E-state index contributed by atoms with van der Waals surface area (Å²) in [5, 5.41) is 8.47. The summed E-state index contributed by atoms with van der Waals surface area (Å²) in [4.78, 5) is 12.4. The lowest BCUT2D eigenvalue weighted by Crippen LogP contribution is -2.07. The van der Waals surface area contributed by atoms with Crippen molar-refractivity contribution in [3.05, 3.63) is 34.0 Å². The molecule has 0 amide bonds. The number of aliphatic hydroxyl groups excluding tert-OH is 1. The first-order valence-electron chi connectivity index (χ1n) is 2.72. The fraction of sp³-hybridized carbons (Fsp3) is 0.167. The Balaban J connectivity index is 3.19. The Bertz CT molecular complexity index is 281. The highest BCUT2D eigenvalue weighted by molar-refractivity contribution is 5.09. The molecule has 0 saturated heterocycles. The van der Waals surface area contributed by atoms with E-state index in [-0.39, 0.29) is 12.2 Å². The number of aliphatic hydroxyl groups is 1. The van der Waals surface area contributed by atoms with Crippen molar-refractivity contribution in [3.63, 3.8) is 0 Å².